The van der Waals surface area contributed by atoms with E-state index in [0.29, 0.717) is 0 Å². The van der Waals surface area contributed by atoms with Gasteiger partial charge in [0, 0.05) is 6.54 Å². The topological polar surface area (TPSA) is 55.1 Å². The van der Waals surface area contributed by atoms with Gasteiger partial charge in [0.05, 0.1) is 11.0 Å². The molecule has 0 unspecified atom stereocenters. The van der Waals surface area contributed by atoms with Crippen molar-refractivity contribution >= 4 is 17.0 Å². The maximum Gasteiger partial charge on any atom is 0.372 e. The van der Waals surface area contributed by atoms with Crippen molar-refractivity contribution in [2.24, 2.45) is 0 Å². The lowest BCUT2D eigenvalue weighted by Gasteiger charge is -2.15. The van der Waals surface area contributed by atoms with Gasteiger partial charge in [0.15, 0.2) is 0 Å². The van der Waals surface area contributed by atoms with Gasteiger partial charge in [-0.1, -0.05) is 12.1 Å². The molecule has 0 atom stereocenters. The molecule has 0 radical (unpaired) electrons. The molecule has 1 aliphatic rings. The van der Waals surface area contributed by atoms with Crippen molar-refractivity contribution in [3.8, 4) is 0 Å². The summed E-state index contributed by atoms with van der Waals surface area (Å²) in [6.45, 7) is 2.73. The summed E-state index contributed by atoms with van der Waals surface area (Å²) >= 11 is 0. The normalized spacial score (nSPS) is 14.3. The van der Waals surface area contributed by atoms with Crippen LogP contribution in [0.1, 0.15) is 28.2 Å². The molecule has 4 nitrogen and oxygen atoms in total. The number of benzene rings is 1. The molecule has 0 amide bonds. The number of hydrogen-bond donors (Lipinski definition) is 1. The van der Waals surface area contributed by atoms with E-state index in [1.54, 1.807) is 0 Å². The average molecular weight is 216 g/mol. The SMILES string of the molecule is Cc1ccc2c3c1nc(C(=O)O)n3CCC2. The summed E-state index contributed by atoms with van der Waals surface area (Å²) in [5.74, 6) is -0.770. The standard InChI is InChI=1S/C12H12N2O2/c1-7-4-5-8-3-2-6-14-10(8)9(7)13-11(14)12(15)16/h4-5H,2-3,6H2,1H3,(H,15,16). The molecule has 0 bridgehead atoms. The molecule has 82 valence electrons. The molecule has 1 aromatic heterocycles. The van der Waals surface area contributed by atoms with Crippen LogP contribution in [-0.2, 0) is 13.0 Å². The van der Waals surface area contributed by atoms with Gasteiger partial charge in [-0.2, -0.15) is 0 Å². The number of imidazole rings is 1. The highest BCUT2D eigenvalue weighted by Crippen LogP contribution is 2.28. The number of nitrogens with zero attached hydrogens (tertiary/aromatic N) is 2. The minimum Gasteiger partial charge on any atom is -0.475 e. The summed E-state index contributed by atoms with van der Waals surface area (Å²) < 4.78 is 1.84. The van der Waals surface area contributed by atoms with E-state index < -0.39 is 5.97 Å². The lowest BCUT2D eigenvalue weighted by Crippen LogP contribution is -2.14. The molecule has 16 heavy (non-hydrogen) atoms. The first-order valence-electron chi connectivity index (χ1n) is 5.40. The first kappa shape index (κ1) is 9.39. The van der Waals surface area contributed by atoms with Crippen LogP contribution in [0.4, 0.5) is 0 Å². The van der Waals surface area contributed by atoms with E-state index in [0.717, 1.165) is 36.0 Å². The van der Waals surface area contributed by atoms with Gasteiger partial charge >= 0.3 is 5.97 Å². The van der Waals surface area contributed by atoms with Crippen molar-refractivity contribution < 1.29 is 9.90 Å². The van der Waals surface area contributed by atoms with Gasteiger partial charge in [-0.15, -0.1) is 0 Å². The summed E-state index contributed by atoms with van der Waals surface area (Å²) in [5.41, 5.74) is 4.12. The lowest BCUT2D eigenvalue weighted by atomic mass is 10.0. The third-order valence-corrected chi connectivity index (χ3v) is 3.20. The number of hydrogen-bond acceptors (Lipinski definition) is 2. The van der Waals surface area contributed by atoms with E-state index in [4.69, 9.17) is 5.11 Å². The molecular formula is C12H12N2O2. The number of aryl methyl sites for hydroxylation is 3. The molecule has 1 N–H and O–H groups in total. The van der Waals surface area contributed by atoms with Gasteiger partial charge in [-0.3, -0.25) is 0 Å². The molecule has 2 aromatic rings. The Morgan fingerprint density at radius 2 is 2.31 bits per heavy atom. The van der Waals surface area contributed by atoms with Crippen molar-refractivity contribution in [3.63, 3.8) is 0 Å². The number of carbonyl (C=O) groups is 1. The maximum atomic E-state index is 11.1. The van der Waals surface area contributed by atoms with Crippen molar-refractivity contribution in [1.82, 2.24) is 9.55 Å². The minimum absolute atomic E-state index is 0.172. The van der Waals surface area contributed by atoms with E-state index in [-0.39, 0.29) is 5.82 Å². The number of carboxylic acids is 1. The molecule has 2 heterocycles. The maximum absolute atomic E-state index is 11.1. The Balaban J connectivity index is 2.46. The quantitative estimate of drug-likeness (QED) is 0.793. The zero-order valence-corrected chi connectivity index (χ0v) is 9.03. The van der Waals surface area contributed by atoms with Crippen LogP contribution in [0.2, 0.25) is 0 Å². The van der Waals surface area contributed by atoms with Crippen molar-refractivity contribution in [1.29, 1.82) is 0 Å². The van der Waals surface area contributed by atoms with Crippen LogP contribution in [0, 0.1) is 6.92 Å². The second kappa shape index (κ2) is 3.07. The highest BCUT2D eigenvalue weighted by atomic mass is 16.4. The van der Waals surface area contributed by atoms with Crippen molar-refractivity contribution in [3.05, 3.63) is 29.1 Å². The first-order valence-corrected chi connectivity index (χ1v) is 5.40. The fourth-order valence-electron chi connectivity index (χ4n) is 2.45. The van der Waals surface area contributed by atoms with E-state index in [2.05, 4.69) is 11.1 Å². The van der Waals surface area contributed by atoms with Crippen LogP contribution in [0.25, 0.3) is 11.0 Å². The fraction of sp³-hybridized carbons (Fsp3) is 0.333. The Bertz CT molecular complexity index is 599. The zero-order valence-electron chi connectivity index (χ0n) is 9.03. The number of rotatable bonds is 1. The van der Waals surface area contributed by atoms with E-state index in [1.165, 1.54) is 5.56 Å². The van der Waals surface area contributed by atoms with E-state index in [1.807, 2.05) is 17.6 Å². The van der Waals surface area contributed by atoms with Gasteiger partial charge in [-0.25, -0.2) is 9.78 Å². The highest BCUT2D eigenvalue weighted by Gasteiger charge is 2.22. The van der Waals surface area contributed by atoms with Gasteiger partial charge in [0.1, 0.15) is 0 Å². The average Bonchev–Trinajstić information content (AvgIpc) is 2.65. The molecule has 3 rings (SSSR count). The van der Waals surface area contributed by atoms with Gasteiger partial charge in [0.2, 0.25) is 5.82 Å². The van der Waals surface area contributed by atoms with Gasteiger partial charge in [-0.05, 0) is 30.9 Å². The van der Waals surface area contributed by atoms with Gasteiger partial charge in [0.25, 0.3) is 0 Å². The number of aromatic carboxylic acids is 1. The van der Waals surface area contributed by atoms with Crippen LogP contribution in [0.3, 0.4) is 0 Å². The lowest BCUT2D eigenvalue weighted by molar-refractivity contribution is 0.0678. The second-order valence-corrected chi connectivity index (χ2v) is 4.23. The first-order chi connectivity index (χ1) is 7.68. The Morgan fingerprint density at radius 1 is 1.50 bits per heavy atom. The summed E-state index contributed by atoms with van der Waals surface area (Å²) in [6.07, 6.45) is 2.00. The predicted octanol–water partition coefficient (Wildman–Crippen LogP) is 1.99. The fourth-order valence-corrected chi connectivity index (χ4v) is 2.45. The van der Waals surface area contributed by atoms with Crippen LogP contribution in [0.5, 0.6) is 0 Å². The van der Waals surface area contributed by atoms with E-state index >= 15 is 0 Å². The summed E-state index contributed by atoms with van der Waals surface area (Å²) in [6, 6.07) is 4.10. The molecule has 0 saturated carbocycles. The minimum atomic E-state index is -0.941. The molecule has 1 aromatic carbocycles. The third kappa shape index (κ3) is 1.10. The molecule has 0 saturated heterocycles. The highest BCUT2D eigenvalue weighted by molar-refractivity contribution is 5.92. The molecule has 1 aliphatic heterocycles. The molecule has 0 aliphatic carbocycles. The van der Waals surface area contributed by atoms with Crippen molar-refractivity contribution in [2.75, 3.05) is 0 Å². The monoisotopic (exact) mass is 216 g/mol. The van der Waals surface area contributed by atoms with Crippen LogP contribution >= 0.6 is 0 Å². The Labute approximate surface area is 92.5 Å². The largest absolute Gasteiger partial charge is 0.475 e. The Kier molecular flexibility index (Phi) is 1.80. The van der Waals surface area contributed by atoms with Crippen molar-refractivity contribution in [2.45, 2.75) is 26.3 Å². The van der Waals surface area contributed by atoms with Crippen LogP contribution in [-0.4, -0.2) is 20.6 Å². The Hall–Kier alpha value is -1.84. The summed E-state index contributed by atoms with van der Waals surface area (Å²) in [4.78, 5) is 15.4. The summed E-state index contributed by atoms with van der Waals surface area (Å²) in [5, 5.41) is 9.12. The Morgan fingerprint density at radius 3 is 3.06 bits per heavy atom. The zero-order chi connectivity index (χ0) is 11.3. The van der Waals surface area contributed by atoms with Crippen LogP contribution in [0.15, 0.2) is 12.1 Å². The second-order valence-electron chi connectivity index (χ2n) is 4.23. The smallest absolute Gasteiger partial charge is 0.372 e. The molecular weight excluding hydrogens is 204 g/mol. The predicted molar refractivity (Wildman–Crippen MR) is 59.8 cm³/mol. The third-order valence-electron chi connectivity index (χ3n) is 3.20. The molecule has 0 spiro atoms. The van der Waals surface area contributed by atoms with Gasteiger partial charge < -0.3 is 9.67 Å². The van der Waals surface area contributed by atoms with Crippen LogP contribution < -0.4 is 0 Å². The number of aromatic nitrogens is 2. The molecule has 4 heteroatoms. The number of carboxylic acid groups (broad SMARTS) is 1. The molecule has 0 fully saturated rings. The van der Waals surface area contributed by atoms with E-state index in [9.17, 15) is 4.79 Å². The summed E-state index contributed by atoms with van der Waals surface area (Å²) in [7, 11) is 0.